The smallest absolute Gasteiger partial charge is 0.258 e. The molecule has 0 saturated heterocycles. The Morgan fingerprint density at radius 1 is 0.714 bits per heavy atom. The van der Waals surface area contributed by atoms with Gasteiger partial charge in [-0.05, 0) is 47.9 Å². The van der Waals surface area contributed by atoms with E-state index in [4.69, 9.17) is 0 Å². The second-order valence-corrected chi connectivity index (χ2v) is 6.51. The molecule has 0 fully saturated rings. The van der Waals surface area contributed by atoms with Gasteiger partial charge in [0.05, 0.1) is 10.5 Å². The van der Waals surface area contributed by atoms with Crippen LogP contribution in [0.2, 0.25) is 0 Å². The monoisotopic (exact) mass is 389 g/mol. The van der Waals surface area contributed by atoms with Gasteiger partial charge in [0.15, 0.2) is 0 Å². The van der Waals surface area contributed by atoms with Crippen LogP contribution in [-0.2, 0) is 11.6 Å². The van der Waals surface area contributed by atoms with E-state index in [2.05, 4.69) is 0 Å². The highest BCUT2D eigenvalue weighted by atomic mass is 19.4. The Morgan fingerprint density at radius 2 is 1.07 bits per heavy atom. The van der Waals surface area contributed by atoms with Gasteiger partial charge in [0.2, 0.25) is 0 Å². The number of alkyl halides is 3. The van der Waals surface area contributed by atoms with Crippen molar-refractivity contribution in [3.05, 3.63) is 111 Å². The van der Waals surface area contributed by atoms with Crippen molar-refractivity contribution >= 4 is 5.69 Å². The Kier molecular flexibility index (Phi) is 4.93. The van der Waals surface area contributed by atoms with E-state index in [1.165, 1.54) is 36.4 Å². The maximum Gasteiger partial charge on any atom is 0.416 e. The van der Waals surface area contributed by atoms with Crippen LogP contribution in [0.5, 0.6) is 0 Å². The van der Waals surface area contributed by atoms with Crippen LogP contribution in [0, 0.1) is 15.9 Å². The van der Waals surface area contributed by atoms with Gasteiger partial charge < -0.3 is 0 Å². The molecule has 0 amide bonds. The van der Waals surface area contributed by atoms with Gasteiger partial charge in [0, 0.05) is 17.5 Å². The number of hydrogen-bond donors (Lipinski definition) is 0. The van der Waals surface area contributed by atoms with Gasteiger partial charge in [-0.2, -0.15) is 13.2 Å². The van der Waals surface area contributed by atoms with Crippen LogP contribution < -0.4 is 0 Å². The van der Waals surface area contributed by atoms with Crippen LogP contribution in [-0.4, -0.2) is 4.92 Å². The molecule has 0 aromatic heterocycles. The van der Waals surface area contributed by atoms with Gasteiger partial charge in [0.25, 0.3) is 5.69 Å². The molecule has 0 spiro atoms. The van der Waals surface area contributed by atoms with E-state index in [0.29, 0.717) is 16.7 Å². The fourth-order valence-corrected chi connectivity index (χ4v) is 3.19. The molecule has 0 aliphatic rings. The number of nitro groups is 1. The SMILES string of the molecule is CC(c1ccc(F)cc1)(c1ccc([N+](=O)[O-])cc1)c1ccc(C(F)(F)F)cc1. The summed E-state index contributed by atoms with van der Waals surface area (Å²) >= 11 is 0. The molecular formula is C21H15F4NO2. The van der Waals surface area contributed by atoms with Gasteiger partial charge in [-0.1, -0.05) is 36.4 Å². The first-order valence-corrected chi connectivity index (χ1v) is 8.31. The molecule has 3 rings (SSSR count). The van der Waals surface area contributed by atoms with E-state index in [9.17, 15) is 27.7 Å². The molecule has 0 aliphatic heterocycles. The first kappa shape index (κ1) is 19.5. The minimum Gasteiger partial charge on any atom is -0.258 e. The Hall–Kier alpha value is -3.22. The zero-order valence-electron chi connectivity index (χ0n) is 14.7. The predicted molar refractivity (Wildman–Crippen MR) is 96.5 cm³/mol. The predicted octanol–water partition coefficient (Wildman–Crippen LogP) is 6.11. The van der Waals surface area contributed by atoms with Crippen molar-refractivity contribution in [2.45, 2.75) is 18.5 Å². The molecule has 0 bridgehead atoms. The third kappa shape index (κ3) is 3.60. The molecule has 144 valence electrons. The van der Waals surface area contributed by atoms with Crippen molar-refractivity contribution in [1.82, 2.24) is 0 Å². The van der Waals surface area contributed by atoms with Crippen LogP contribution in [0.15, 0.2) is 72.8 Å². The summed E-state index contributed by atoms with van der Waals surface area (Å²) in [5.41, 5.74) is -0.000532. The molecule has 0 aliphatic carbocycles. The van der Waals surface area contributed by atoms with Gasteiger partial charge in [-0.15, -0.1) is 0 Å². The summed E-state index contributed by atoms with van der Waals surface area (Å²) < 4.78 is 52.2. The number of benzene rings is 3. The maximum atomic E-state index is 13.4. The van der Waals surface area contributed by atoms with Crippen LogP contribution in [0.1, 0.15) is 29.2 Å². The van der Waals surface area contributed by atoms with Crippen LogP contribution in [0.3, 0.4) is 0 Å². The van der Waals surface area contributed by atoms with E-state index >= 15 is 0 Å². The number of nitro benzene ring substituents is 1. The van der Waals surface area contributed by atoms with E-state index in [1.807, 2.05) is 0 Å². The summed E-state index contributed by atoms with van der Waals surface area (Å²) in [6, 6.07) is 16.1. The Bertz CT molecular complexity index is 981. The summed E-state index contributed by atoms with van der Waals surface area (Å²) in [6.45, 7) is 1.78. The first-order valence-electron chi connectivity index (χ1n) is 8.31. The number of non-ortho nitro benzene ring substituents is 1. The highest BCUT2D eigenvalue weighted by Gasteiger charge is 2.34. The van der Waals surface area contributed by atoms with Crippen molar-refractivity contribution in [2.24, 2.45) is 0 Å². The summed E-state index contributed by atoms with van der Waals surface area (Å²) in [5, 5.41) is 10.9. The molecule has 28 heavy (non-hydrogen) atoms. The van der Waals surface area contributed by atoms with Gasteiger partial charge in [-0.25, -0.2) is 4.39 Å². The lowest BCUT2D eigenvalue weighted by molar-refractivity contribution is -0.384. The molecule has 0 radical (unpaired) electrons. The van der Waals surface area contributed by atoms with Crippen molar-refractivity contribution < 1.29 is 22.5 Å². The van der Waals surface area contributed by atoms with Gasteiger partial charge in [0.1, 0.15) is 5.82 Å². The van der Waals surface area contributed by atoms with Crippen LogP contribution in [0.25, 0.3) is 0 Å². The molecule has 1 unspecified atom stereocenters. The van der Waals surface area contributed by atoms with E-state index < -0.39 is 27.9 Å². The molecule has 3 aromatic rings. The summed E-state index contributed by atoms with van der Waals surface area (Å²) in [6.07, 6.45) is -4.46. The Morgan fingerprint density at radius 3 is 1.46 bits per heavy atom. The fraction of sp³-hybridized carbons (Fsp3) is 0.143. The third-order valence-corrected chi connectivity index (χ3v) is 4.87. The molecule has 1 atom stereocenters. The topological polar surface area (TPSA) is 43.1 Å². The molecule has 0 N–H and O–H groups in total. The number of rotatable bonds is 4. The first-order chi connectivity index (χ1) is 13.1. The minimum atomic E-state index is -4.46. The van der Waals surface area contributed by atoms with E-state index in [-0.39, 0.29) is 5.69 Å². The molecule has 0 heterocycles. The summed E-state index contributed by atoms with van der Waals surface area (Å²) in [7, 11) is 0. The standard InChI is InChI=1S/C21H15F4NO2/c1-20(15-6-10-18(22)11-7-15,16-8-12-19(13-9-16)26(27)28)14-2-4-17(5-3-14)21(23,24)25/h2-13H,1H3. The van der Waals surface area contributed by atoms with Crippen LogP contribution in [0.4, 0.5) is 23.2 Å². The maximum absolute atomic E-state index is 13.4. The molecule has 3 aromatic carbocycles. The molecule has 0 saturated carbocycles. The molecule has 7 heteroatoms. The highest BCUT2D eigenvalue weighted by Crippen LogP contribution is 2.40. The lowest BCUT2D eigenvalue weighted by Crippen LogP contribution is -2.25. The van der Waals surface area contributed by atoms with E-state index in [1.54, 1.807) is 31.2 Å². The zero-order chi connectivity index (χ0) is 20.5. The second kappa shape index (κ2) is 7.07. The van der Waals surface area contributed by atoms with Crippen molar-refractivity contribution in [1.29, 1.82) is 0 Å². The minimum absolute atomic E-state index is 0.0994. The lowest BCUT2D eigenvalue weighted by atomic mass is 9.71. The zero-order valence-corrected chi connectivity index (χ0v) is 14.7. The largest absolute Gasteiger partial charge is 0.416 e. The van der Waals surface area contributed by atoms with Gasteiger partial charge in [-0.3, -0.25) is 10.1 Å². The molecule has 3 nitrogen and oxygen atoms in total. The quantitative estimate of drug-likeness (QED) is 0.234. The average Bonchev–Trinajstić information content (AvgIpc) is 2.67. The number of hydrogen-bond acceptors (Lipinski definition) is 2. The van der Waals surface area contributed by atoms with Gasteiger partial charge >= 0.3 is 6.18 Å². The Balaban J connectivity index is 2.17. The van der Waals surface area contributed by atoms with Crippen molar-refractivity contribution in [3.63, 3.8) is 0 Å². The van der Waals surface area contributed by atoms with Crippen LogP contribution >= 0.6 is 0 Å². The Labute approximate surface area is 158 Å². The molecular weight excluding hydrogens is 374 g/mol. The van der Waals surface area contributed by atoms with Crippen molar-refractivity contribution in [3.8, 4) is 0 Å². The highest BCUT2D eigenvalue weighted by molar-refractivity contribution is 5.51. The normalized spacial score (nSPS) is 13.8. The second-order valence-electron chi connectivity index (χ2n) is 6.51. The number of halogens is 4. The third-order valence-electron chi connectivity index (χ3n) is 4.87. The lowest BCUT2D eigenvalue weighted by Gasteiger charge is -2.32. The van der Waals surface area contributed by atoms with E-state index in [0.717, 1.165) is 12.1 Å². The number of nitrogens with zero attached hydrogens (tertiary/aromatic N) is 1. The van der Waals surface area contributed by atoms with Crippen molar-refractivity contribution in [2.75, 3.05) is 0 Å². The average molecular weight is 389 g/mol. The summed E-state index contributed by atoms with van der Waals surface area (Å²) in [4.78, 5) is 10.4. The summed E-state index contributed by atoms with van der Waals surface area (Å²) in [5.74, 6) is -0.442. The fourth-order valence-electron chi connectivity index (χ4n) is 3.19.